The highest BCUT2D eigenvalue weighted by atomic mass is 35.5. The van der Waals surface area contributed by atoms with E-state index in [1.807, 2.05) is 4.90 Å². The summed E-state index contributed by atoms with van der Waals surface area (Å²) in [4.78, 5) is 13.9. The maximum absolute atomic E-state index is 12.1. The zero-order valence-electron chi connectivity index (χ0n) is 9.41. The molecule has 2 heterocycles. The molecule has 0 aromatic carbocycles. The Morgan fingerprint density at radius 3 is 3.06 bits per heavy atom. The Morgan fingerprint density at radius 1 is 1.62 bits per heavy atom. The van der Waals surface area contributed by atoms with E-state index in [0.29, 0.717) is 23.3 Å². The van der Waals surface area contributed by atoms with Crippen molar-refractivity contribution in [1.29, 1.82) is 0 Å². The average Bonchev–Trinajstić information content (AvgIpc) is 2.76. The summed E-state index contributed by atoms with van der Waals surface area (Å²) in [7, 11) is 0. The SMILES string of the molecule is CC1CCCN(C(=O)c2ccc(CCl)o2)C1. The Balaban J connectivity index is 2.06. The van der Waals surface area contributed by atoms with Gasteiger partial charge in [0.1, 0.15) is 5.76 Å². The summed E-state index contributed by atoms with van der Waals surface area (Å²) < 4.78 is 5.36. The Kier molecular flexibility index (Phi) is 3.54. The number of carbonyl (C=O) groups excluding carboxylic acids is 1. The fourth-order valence-electron chi connectivity index (χ4n) is 2.09. The molecule has 1 fully saturated rings. The summed E-state index contributed by atoms with van der Waals surface area (Å²) in [5.41, 5.74) is 0. The summed E-state index contributed by atoms with van der Waals surface area (Å²) >= 11 is 5.64. The van der Waals surface area contributed by atoms with Crippen molar-refractivity contribution in [3.63, 3.8) is 0 Å². The van der Waals surface area contributed by atoms with Crippen molar-refractivity contribution < 1.29 is 9.21 Å². The van der Waals surface area contributed by atoms with Crippen LogP contribution in [0.25, 0.3) is 0 Å². The van der Waals surface area contributed by atoms with Gasteiger partial charge in [0.25, 0.3) is 5.91 Å². The van der Waals surface area contributed by atoms with Crippen LogP contribution in [-0.2, 0) is 5.88 Å². The minimum absolute atomic E-state index is 0.0112. The molecule has 0 bridgehead atoms. The van der Waals surface area contributed by atoms with Gasteiger partial charge < -0.3 is 9.32 Å². The molecule has 88 valence electrons. The van der Waals surface area contributed by atoms with Gasteiger partial charge >= 0.3 is 0 Å². The predicted octanol–water partition coefficient (Wildman–Crippen LogP) is 2.89. The quantitative estimate of drug-likeness (QED) is 0.746. The second kappa shape index (κ2) is 4.91. The first-order chi connectivity index (χ1) is 7.70. The van der Waals surface area contributed by atoms with Crippen LogP contribution in [0, 0.1) is 5.92 Å². The predicted molar refractivity (Wildman–Crippen MR) is 62.6 cm³/mol. The van der Waals surface area contributed by atoms with E-state index in [4.69, 9.17) is 16.0 Å². The summed E-state index contributed by atoms with van der Waals surface area (Å²) in [6.45, 7) is 3.83. The fourth-order valence-corrected chi connectivity index (χ4v) is 2.24. The molecule has 1 saturated heterocycles. The van der Waals surface area contributed by atoms with E-state index in [1.165, 1.54) is 6.42 Å². The average molecular weight is 242 g/mol. The molecule has 1 aliphatic rings. The third kappa shape index (κ3) is 2.40. The van der Waals surface area contributed by atoms with Crippen molar-refractivity contribution in [2.75, 3.05) is 13.1 Å². The van der Waals surface area contributed by atoms with E-state index in [9.17, 15) is 4.79 Å². The Morgan fingerprint density at radius 2 is 2.44 bits per heavy atom. The molecule has 0 spiro atoms. The molecule has 1 amide bonds. The molecule has 1 aliphatic heterocycles. The standard InChI is InChI=1S/C12H16ClNO2/c1-9-3-2-6-14(8-9)12(15)11-5-4-10(7-13)16-11/h4-5,9H,2-3,6-8H2,1H3. The van der Waals surface area contributed by atoms with Crippen molar-refractivity contribution in [2.45, 2.75) is 25.6 Å². The topological polar surface area (TPSA) is 33.5 Å². The minimum Gasteiger partial charge on any atom is -0.455 e. The van der Waals surface area contributed by atoms with Gasteiger partial charge in [0, 0.05) is 13.1 Å². The minimum atomic E-state index is -0.0112. The highest BCUT2D eigenvalue weighted by Crippen LogP contribution is 2.19. The molecule has 16 heavy (non-hydrogen) atoms. The van der Waals surface area contributed by atoms with Crippen molar-refractivity contribution in [2.24, 2.45) is 5.92 Å². The number of furan rings is 1. The highest BCUT2D eigenvalue weighted by Gasteiger charge is 2.23. The van der Waals surface area contributed by atoms with Crippen molar-refractivity contribution in [1.82, 2.24) is 4.90 Å². The number of hydrogen-bond acceptors (Lipinski definition) is 2. The molecular weight excluding hydrogens is 226 g/mol. The van der Waals surface area contributed by atoms with Crippen LogP contribution in [0.15, 0.2) is 16.5 Å². The van der Waals surface area contributed by atoms with Crippen molar-refractivity contribution >= 4 is 17.5 Å². The van der Waals surface area contributed by atoms with Crippen LogP contribution in [0.2, 0.25) is 0 Å². The number of alkyl halides is 1. The molecule has 0 N–H and O–H groups in total. The summed E-state index contributed by atoms with van der Waals surface area (Å²) in [5, 5.41) is 0. The highest BCUT2D eigenvalue weighted by molar-refractivity contribution is 6.16. The molecule has 1 unspecified atom stereocenters. The molecule has 1 atom stereocenters. The number of likely N-dealkylation sites (tertiary alicyclic amines) is 1. The van der Waals surface area contributed by atoms with Gasteiger partial charge in [0.05, 0.1) is 5.88 Å². The second-order valence-corrected chi connectivity index (χ2v) is 4.67. The molecule has 2 rings (SSSR count). The summed E-state index contributed by atoms with van der Waals surface area (Å²) in [6, 6.07) is 3.47. The van der Waals surface area contributed by atoms with Crippen molar-refractivity contribution in [3.05, 3.63) is 23.7 Å². The largest absolute Gasteiger partial charge is 0.455 e. The van der Waals surface area contributed by atoms with Gasteiger partial charge in [-0.25, -0.2) is 0 Å². The van der Waals surface area contributed by atoms with E-state index in [1.54, 1.807) is 12.1 Å². The number of piperidine rings is 1. The molecule has 1 aromatic heterocycles. The Hall–Kier alpha value is -0.960. The van der Waals surface area contributed by atoms with E-state index >= 15 is 0 Å². The molecule has 1 aromatic rings. The molecule has 0 aliphatic carbocycles. The van der Waals surface area contributed by atoms with Gasteiger partial charge in [-0.3, -0.25) is 4.79 Å². The summed E-state index contributed by atoms with van der Waals surface area (Å²) in [5.74, 6) is 1.94. The van der Waals surface area contributed by atoms with Crippen LogP contribution in [0.4, 0.5) is 0 Å². The number of halogens is 1. The van der Waals surface area contributed by atoms with Crippen molar-refractivity contribution in [3.8, 4) is 0 Å². The third-order valence-corrected chi connectivity index (χ3v) is 3.21. The van der Waals surface area contributed by atoms with Gasteiger partial charge in [-0.05, 0) is 30.9 Å². The van der Waals surface area contributed by atoms with E-state index in [-0.39, 0.29) is 5.91 Å². The Bertz CT molecular complexity index is 375. The Labute approximate surface area is 100 Å². The zero-order valence-corrected chi connectivity index (χ0v) is 10.2. The fraction of sp³-hybridized carbons (Fsp3) is 0.583. The van der Waals surface area contributed by atoms with E-state index < -0.39 is 0 Å². The molecular formula is C12H16ClNO2. The first-order valence-electron chi connectivity index (χ1n) is 5.64. The van der Waals surface area contributed by atoms with Gasteiger partial charge in [-0.2, -0.15) is 0 Å². The molecule has 0 radical (unpaired) electrons. The van der Waals surface area contributed by atoms with E-state index in [2.05, 4.69) is 6.92 Å². The van der Waals surface area contributed by atoms with Crippen LogP contribution in [0.3, 0.4) is 0 Å². The first kappa shape index (κ1) is 11.5. The second-order valence-electron chi connectivity index (χ2n) is 4.40. The number of hydrogen-bond donors (Lipinski definition) is 0. The maximum atomic E-state index is 12.1. The van der Waals surface area contributed by atoms with Gasteiger partial charge in [0.2, 0.25) is 0 Å². The number of amides is 1. The van der Waals surface area contributed by atoms with Gasteiger partial charge in [-0.1, -0.05) is 6.92 Å². The number of carbonyl (C=O) groups is 1. The summed E-state index contributed by atoms with van der Waals surface area (Å²) in [6.07, 6.45) is 2.28. The lowest BCUT2D eigenvalue weighted by Crippen LogP contribution is -2.38. The van der Waals surface area contributed by atoms with Crippen LogP contribution in [0.5, 0.6) is 0 Å². The van der Waals surface area contributed by atoms with Crippen LogP contribution in [-0.4, -0.2) is 23.9 Å². The lowest BCUT2D eigenvalue weighted by atomic mass is 10.0. The number of rotatable bonds is 2. The zero-order chi connectivity index (χ0) is 11.5. The third-order valence-electron chi connectivity index (χ3n) is 2.95. The molecule has 4 heteroatoms. The monoisotopic (exact) mass is 241 g/mol. The molecule has 3 nitrogen and oxygen atoms in total. The van der Waals surface area contributed by atoms with Crippen LogP contribution in [0.1, 0.15) is 36.1 Å². The van der Waals surface area contributed by atoms with Gasteiger partial charge in [0.15, 0.2) is 5.76 Å². The van der Waals surface area contributed by atoms with Gasteiger partial charge in [-0.15, -0.1) is 11.6 Å². The first-order valence-corrected chi connectivity index (χ1v) is 6.18. The van der Waals surface area contributed by atoms with Crippen LogP contribution >= 0.6 is 11.6 Å². The number of nitrogens with zero attached hydrogens (tertiary/aromatic N) is 1. The molecule has 0 saturated carbocycles. The lowest BCUT2D eigenvalue weighted by Gasteiger charge is -2.30. The lowest BCUT2D eigenvalue weighted by molar-refractivity contribution is 0.0649. The van der Waals surface area contributed by atoms with Crippen LogP contribution < -0.4 is 0 Å². The normalized spacial score (nSPS) is 21.1. The maximum Gasteiger partial charge on any atom is 0.289 e. The van der Waals surface area contributed by atoms with E-state index in [0.717, 1.165) is 19.5 Å². The smallest absolute Gasteiger partial charge is 0.289 e.